The molecule has 0 unspecified atom stereocenters. The molecule has 2 amide bonds. The molecule has 0 N–H and O–H groups in total. The second-order valence-electron chi connectivity index (χ2n) is 4.95. The van der Waals surface area contributed by atoms with Gasteiger partial charge in [0, 0.05) is 5.39 Å². The molecule has 5 heteroatoms. The highest BCUT2D eigenvalue weighted by Gasteiger charge is 2.42. The van der Waals surface area contributed by atoms with Crippen LogP contribution in [0, 0.1) is 0 Å². The van der Waals surface area contributed by atoms with Gasteiger partial charge in [0.15, 0.2) is 0 Å². The highest BCUT2D eigenvalue weighted by Crippen LogP contribution is 2.36. The largest absolute Gasteiger partial charge is 0.497 e. The van der Waals surface area contributed by atoms with Crippen LogP contribution in [-0.4, -0.2) is 18.9 Å². The van der Waals surface area contributed by atoms with Crippen LogP contribution in [-0.2, 0) is 0 Å². The van der Waals surface area contributed by atoms with Crippen molar-refractivity contribution in [2.75, 3.05) is 12.0 Å². The van der Waals surface area contributed by atoms with E-state index in [2.05, 4.69) is 0 Å². The molecule has 2 heterocycles. The van der Waals surface area contributed by atoms with Crippen molar-refractivity contribution in [2.45, 2.75) is 0 Å². The van der Waals surface area contributed by atoms with E-state index in [-0.39, 0.29) is 11.7 Å². The quantitative estimate of drug-likeness (QED) is 0.680. The van der Waals surface area contributed by atoms with E-state index < -0.39 is 5.91 Å². The van der Waals surface area contributed by atoms with Gasteiger partial charge in [-0.2, -0.15) is 0 Å². The molecule has 0 saturated carbocycles. The number of carbonyl (C=O) groups excluding carboxylic acids is 2. The number of carbonyl (C=O) groups is 2. The number of rotatable bonds is 2. The number of nitrogens with zero attached hydrogens (tertiary/aromatic N) is 1. The number of methoxy groups -OCH3 is 1. The highest BCUT2D eigenvalue weighted by atomic mass is 16.5. The Kier molecular flexibility index (Phi) is 2.56. The minimum Gasteiger partial charge on any atom is -0.497 e. The van der Waals surface area contributed by atoms with Crippen molar-refractivity contribution in [3.63, 3.8) is 0 Å². The molecule has 0 aliphatic carbocycles. The molecule has 4 rings (SSSR count). The van der Waals surface area contributed by atoms with Gasteiger partial charge < -0.3 is 9.15 Å². The van der Waals surface area contributed by atoms with Crippen LogP contribution in [0.3, 0.4) is 0 Å². The molecular weight excluding hydrogens is 282 g/mol. The number of para-hydroxylation sites is 1. The molecule has 1 aliphatic heterocycles. The Hall–Kier alpha value is -3.08. The summed E-state index contributed by atoms with van der Waals surface area (Å²) in [7, 11) is 1.55. The molecule has 3 aromatic rings. The van der Waals surface area contributed by atoms with Crippen molar-refractivity contribution in [3.05, 3.63) is 59.9 Å². The molecule has 1 aliphatic rings. The zero-order valence-corrected chi connectivity index (χ0v) is 11.7. The molecule has 2 aromatic carbocycles. The molecule has 0 spiro atoms. The SMILES string of the molecule is COc1ccc2oc3c(c2c1)C(=O)N(c1ccccc1)C3=O. The number of furan rings is 1. The Morgan fingerprint density at radius 3 is 2.50 bits per heavy atom. The number of hydrogen-bond donors (Lipinski definition) is 0. The lowest BCUT2D eigenvalue weighted by atomic mass is 10.1. The van der Waals surface area contributed by atoms with E-state index in [1.54, 1.807) is 49.6 Å². The van der Waals surface area contributed by atoms with Gasteiger partial charge >= 0.3 is 5.91 Å². The Labute approximate surface area is 125 Å². The third kappa shape index (κ3) is 1.59. The van der Waals surface area contributed by atoms with E-state index in [0.29, 0.717) is 28.0 Å². The number of hydrogen-bond acceptors (Lipinski definition) is 4. The van der Waals surface area contributed by atoms with Crippen LogP contribution in [0.25, 0.3) is 11.0 Å². The Morgan fingerprint density at radius 2 is 1.77 bits per heavy atom. The van der Waals surface area contributed by atoms with Crippen molar-refractivity contribution in [1.29, 1.82) is 0 Å². The fraction of sp³-hybridized carbons (Fsp3) is 0.0588. The van der Waals surface area contributed by atoms with E-state index in [1.807, 2.05) is 6.07 Å². The molecule has 108 valence electrons. The maximum atomic E-state index is 12.7. The van der Waals surface area contributed by atoms with Crippen molar-refractivity contribution in [2.24, 2.45) is 0 Å². The maximum Gasteiger partial charge on any atom is 0.301 e. The predicted molar refractivity (Wildman–Crippen MR) is 80.3 cm³/mol. The number of imide groups is 1. The fourth-order valence-corrected chi connectivity index (χ4v) is 2.68. The molecule has 0 atom stereocenters. The van der Waals surface area contributed by atoms with Gasteiger partial charge in [0.05, 0.1) is 18.4 Å². The van der Waals surface area contributed by atoms with Crippen molar-refractivity contribution in [1.82, 2.24) is 0 Å². The van der Waals surface area contributed by atoms with E-state index in [0.717, 1.165) is 4.90 Å². The normalized spacial score (nSPS) is 13.8. The minimum absolute atomic E-state index is 0.0807. The summed E-state index contributed by atoms with van der Waals surface area (Å²) >= 11 is 0. The summed E-state index contributed by atoms with van der Waals surface area (Å²) < 4.78 is 10.8. The first-order valence-corrected chi connectivity index (χ1v) is 6.75. The van der Waals surface area contributed by atoms with Crippen molar-refractivity contribution >= 4 is 28.5 Å². The van der Waals surface area contributed by atoms with Crippen LogP contribution >= 0.6 is 0 Å². The monoisotopic (exact) mass is 293 g/mol. The van der Waals surface area contributed by atoms with Gasteiger partial charge in [0.2, 0.25) is 5.76 Å². The van der Waals surface area contributed by atoms with E-state index >= 15 is 0 Å². The summed E-state index contributed by atoms with van der Waals surface area (Å²) in [6.07, 6.45) is 0. The topological polar surface area (TPSA) is 59.8 Å². The molecule has 0 saturated heterocycles. The highest BCUT2D eigenvalue weighted by molar-refractivity contribution is 6.36. The standard InChI is InChI=1S/C17H11NO4/c1-21-11-7-8-13-12(9-11)14-15(22-13)17(20)18(16(14)19)10-5-3-2-4-6-10/h2-9H,1H3. The smallest absolute Gasteiger partial charge is 0.301 e. The summed E-state index contributed by atoms with van der Waals surface area (Å²) in [4.78, 5) is 26.3. The van der Waals surface area contributed by atoms with Gasteiger partial charge in [-0.1, -0.05) is 18.2 Å². The Balaban J connectivity index is 1.91. The minimum atomic E-state index is -0.443. The molecule has 22 heavy (non-hydrogen) atoms. The predicted octanol–water partition coefficient (Wildman–Crippen LogP) is 3.24. The van der Waals surface area contributed by atoms with Crippen molar-refractivity contribution < 1.29 is 18.7 Å². The second kappa shape index (κ2) is 4.46. The summed E-state index contributed by atoms with van der Waals surface area (Å²) in [6.45, 7) is 0. The fourth-order valence-electron chi connectivity index (χ4n) is 2.68. The van der Waals surface area contributed by atoms with Gasteiger partial charge in [0.1, 0.15) is 11.3 Å². The van der Waals surface area contributed by atoms with Crippen LogP contribution in [0.5, 0.6) is 5.75 Å². The van der Waals surface area contributed by atoms with Crippen LogP contribution in [0.15, 0.2) is 52.9 Å². The molecule has 1 aromatic heterocycles. The average molecular weight is 293 g/mol. The first-order valence-electron chi connectivity index (χ1n) is 6.75. The van der Waals surface area contributed by atoms with Gasteiger partial charge in [-0.25, -0.2) is 4.90 Å². The van der Waals surface area contributed by atoms with E-state index in [9.17, 15) is 9.59 Å². The number of amides is 2. The van der Waals surface area contributed by atoms with Gasteiger partial charge in [-0.05, 0) is 30.3 Å². The zero-order chi connectivity index (χ0) is 15.3. The molecular formula is C17H11NO4. The summed E-state index contributed by atoms with van der Waals surface area (Å²) in [5.41, 5.74) is 1.32. The lowest BCUT2D eigenvalue weighted by Gasteiger charge is -2.13. The second-order valence-corrected chi connectivity index (χ2v) is 4.95. The third-order valence-corrected chi connectivity index (χ3v) is 3.72. The van der Waals surface area contributed by atoms with Crippen LogP contribution < -0.4 is 9.64 Å². The summed E-state index contributed by atoms with van der Waals surface area (Å²) in [5.74, 6) is -0.133. The molecule has 5 nitrogen and oxygen atoms in total. The van der Waals surface area contributed by atoms with E-state index in [1.165, 1.54) is 0 Å². The number of benzene rings is 2. The van der Waals surface area contributed by atoms with E-state index in [4.69, 9.17) is 9.15 Å². The van der Waals surface area contributed by atoms with Gasteiger partial charge in [-0.15, -0.1) is 0 Å². The molecule has 0 fully saturated rings. The summed E-state index contributed by atoms with van der Waals surface area (Å²) in [6, 6.07) is 13.9. The molecule has 0 radical (unpaired) electrons. The molecule has 0 bridgehead atoms. The van der Waals surface area contributed by atoms with Crippen molar-refractivity contribution in [3.8, 4) is 5.75 Å². The maximum absolute atomic E-state index is 12.7. The summed E-state index contributed by atoms with van der Waals surface area (Å²) in [5, 5.41) is 0.589. The van der Waals surface area contributed by atoms with Gasteiger partial charge in [0.25, 0.3) is 5.91 Å². The van der Waals surface area contributed by atoms with Crippen LogP contribution in [0.2, 0.25) is 0 Å². The first kappa shape index (κ1) is 12.6. The zero-order valence-electron chi connectivity index (χ0n) is 11.7. The van der Waals surface area contributed by atoms with Crippen LogP contribution in [0.4, 0.5) is 5.69 Å². The average Bonchev–Trinajstić information content (AvgIpc) is 3.04. The number of ether oxygens (including phenoxy) is 1. The number of anilines is 1. The lowest BCUT2D eigenvalue weighted by Crippen LogP contribution is -2.29. The Morgan fingerprint density at radius 1 is 1.00 bits per heavy atom. The first-order chi connectivity index (χ1) is 10.7. The van der Waals surface area contributed by atoms with Gasteiger partial charge in [-0.3, -0.25) is 9.59 Å². The lowest BCUT2D eigenvalue weighted by molar-refractivity contribution is 0.0916. The number of fused-ring (bicyclic) bond motifs is 3. The third-order valence-electron chi connectivity index (χ3n) is 3.72. The Bertz CT molecular complexity index is 911. The van der Waals surface area contributed by atoms with Crippen LogP contribution in [0.1, 0.15) is 20.9 Å².